The largest absolute Gasteiger partial charge is 0.492 e. The van der Waals surface area contributed by atoms with Crippen molar-refractivity contribution >= 4 is 22.7 Å². The van der Waals surface area contributed by atoms with Crippen LogP contribution in [0.5, 0.6) is 6.01 Å². The first-order valence-electron chi connectivity index (χ1n) is 8.59. The summed E-state index contributed by atoms with van der Waals surface area (Å²) in [5.74, 6) is 1.25. The van der Waals surface area contributed by atoms with E-state index in [2.05, 4.69) is 25.3 Å². The van der Waals surface area contributed by atoms with Gasteiger partial charge in [-0.15, -0.1) is 0 Å². The number of ether oxygens (including phenoxy) is 2. The van der Waals surface area contributed by atoms with E-state index < -0.39 is 0 Å². The van der Waals surface area contributed by atoms with Gasteiger partial charge in [-0.1, -0.05) is 12.2 Å². The summed E-state index contributed by atoms with van der Waals surface area (Å²) >= 11 is 0. The lowest BCUT2D eigenvalue weighted by atomic mass is 10.2. The highest BCUT2D eigenvalue weighted by Crippen LogP contribution is 2.21. The van der Waals surface area contributed by atoms with Gasteiger partial charge in [-0.3, -0.25) is 9.56 Å². The van der Waals surface area contributed by atoms with Crippen LogP contribution < -0.4 is 15.7 Å². The van der Waals surface area contributed by atoms with Crippen LogP contribution in [0, 0.1) is 0 Å². The van der Waals surface area contributed by atoms with E-state index in [0.717, 1.165) is 24.3 Å². The molecule has 2 aliphatic rings. The summed E-state index contributed by atoms with van der Waals surface area (Å²) in [6.45, 7) is 1.85. The average Bonchev–Trinajstić information content (AvgIpc) is 2.97. The van der Waals surface area contributed by atoms with Gasteiger partial charge in [-0.25, -0.2) is 4.79 Å². The summed E-state index contributed by atoms with van der Waals surface area (Å²) in [4.78, 5) is 28.6. The number of allylic oxidation sites excluding steroid dienone is 1. The fourth-order valence-electron chi connectivity index (χ4n) is 2.96. The standard InChI is InChI=1S/C17H20N6O3/c1-18-14-13-15-22-16(21-14)26-9-4-2-3-8-25-12-6-5-7-19-11(12)10-23(15)17(24)20-13/h2,4,6H,3,5,7-10H2,1H3,(H,20,24)(H,18,21,22)/b4-2-. The van der Waals surface area contributed by atoms with Crippen molar-refractivity contribution in [1.29, 1.82) is 0 Å². The number of hydrogen-bond donors (Lipinski definition) is 2. The van der Waals surface area contributed by atoms with Gasteiger partial charge in [-0.2, -0.15) is 9.97 Å². The molecule has 2 aromatic heterocycles. The van der Waals surface area contributed by atoms with Gasteiger partial charge < -0.3 is 19.8 Å². The number of fused-ring (bicyclic) bond motifs is 2. The second-order valence-electron chi connectivity index (χ2n) is 5.92. The molecule has 0 unspecified atom stereocenters. The van der Waals surface area contributed by atoms with Crippen LogP contribution in [-0.2, 0) is 11.3 Å². The third-order valence-corrected chi connectivity index (χ3v) is 4.21. The van der Waals surface area contributed by atoms with Crippen molar-refractivity contribution in [2.24, 2.45) is 4.99 Å². The smallest absolute Gasteiger partial charge is 0.328 e. The van der Waals surface area contributed by atoms with Crippen molar-refractivity contribution in [1.82, 2.24) is 19.5 Å². The van der Waals surface area contributed by atoms with E-state index in [0.29, 0.717) is 36.7 Å². The van der Waals surface area contributed by atoms with Crippen LogP contribution in [-0.4, -0.2) is 52.0 Å². The van der Waals surface area contributed by atoms with Crippen molar-refractivity contribution in [2.45, 2.75) is 19.4 Å². The number of imidazole rings is 1. The number of aromatic amines is 1. The first-order valence-corrected chi connectivity index (χ1v) is 8.59. The Balaban J connectivity index is 1.84. The quantitative estimate of drug-likeness (QED) is 0.745. The molecule has 0 amide bonds. The lowest BCUT2D eigenvalue weighted by Gasteiger charge is -2.17. The highest BCUT2D eigenvalue weighted by Gasteiger charge is 2.20. The van der Waals surface area contributed by atoms with Crippen molar-refractivity contribution in [3.63, 3.8) is 0 Å². The summed E-state index contributed by atoms with van der Waals surface area (Å²) in [6, 6.07) is 0.217. The lowest BCUT2D eigenvalue weighted by molar-refractivity contribution is 0.233. The Morgan fingerprint density at radius 3 is 3.04 bits per heavy atom. The molecule has 4 rings (SSSR count). The van der Waals surface area contributed by atoms with E-state index in [-0.39, 0.29) is 18.2 Å². The van der Waals surface area contributed by atoms with E-state index in [9.17, 15) is 4.79 Å². The minimum atomic E-state index is -0.275. The zero-order chi connectivity index (χ0) is 17.9. The Labute approximate surface area is 149 Å². The molecule has 9 nitrogen and oxygen atoms in total. The number of hydrogen-bond acceptors (Lipinski definition) is 7. The van der Waals surface area contributed by atoms with Crippen LogP contribution in [0.2, 0.25) is 0 Å². The van der Waals surface area contributed by atoms with Crippen LogP contribution in [0.25, 0.3) is 11.2 Å². The monoisotopic (exact) mass is 356 g/mol. The predicted molar refractivity (Wildman–Crippen MR) is 97.9 cm³/mol. The van der Waals surface area contributed by atoms with Crippen LogP contribution >= 0.6 is 0 Å². The molecule has 2 N–H and O–H groups in total. The van der Waals surface area contributed by atoms with Crippen molar-refractivity contribution < 1.29 is 9.47 Å². The summed E-state index contributed by atoms with van der Waals surface area (Å²) in [6.07, 6.45) is 7.51. The summed E-state index contributed by atoms with van der Waals surface area (Å²) in [5, 5.41) is 2.98. The molecular weight excluding hydrogens is 336 g/mol. The Hall–Kier alpha value is -3.10. The molecule has 4 heterocycles. The third-order valence-electron chi connectivity index (χ3n) is 4.21. The van der Waals surface area contributed by atoms with Gasteiger partial charge in [-0.05, 0) is 18.9 Å². The molecule has 0 saturated carbocycles. The number of rotatable bonds is 1. The molecule has 0 saturated heterocycles. The van der Waals surface area contributed by atoms with E-state index in [1.54, 1.807) is 7.05 Å². The van der Waals surface area contributed by atoms with E-state index in [4.69, 9.17) is 9.47 Å². The van der Waals surface area contributed by atoms with Crippen molar-refractivity contribution in [3.8, 4) is 6.01 Å². The molecule has 136 valence electrons. The maximum absolute atomic E-state index is 12.5. The predicted octanol–water partition coefficient (Wildman–Crippen LogP) is 1.25. The first-order chi connectivity index (χ1) is 12.8. The zero-order valence-corrected chi connectivity index (χ0v) is 14.5. The normalized spacial score (nSPS) is 18.8. The Morgan fingerprint density at radius 1 is 1.23 bits per heavy atom. The molecule has 0 spiro atoms. The van der Waals surface area contributed by atoms with Gasteiger partial charge in [0, 0.05) is 13.6 Å². The number of H-pyrrole nitrogens is 1. The zero-order valence-electron chi connectivity index (χ0n) is 14.5. The van der Waals surface area contributed by atoms with Gasteiger partial charge in [0.25, 0.3) is 0 Å². The minimum absolute atomic E-state index is 0.217. The summed E-state index contributed by atoms with van der Waals surface area (Å²) < 4.78 is 13.0. The highest BCUT2D eigenvalue weighted by molar-refractivity contribution is 5.99. The Bertz CT molecular complexity index is 969. The fraction of sp³-hybridized carbons (Fsp3) is 0.412. The Morgan fingerprint density at radius 2 is 2.15 bits per heavy atom. The molecule has 2 aliphatic heterocycles. The maximum atomic E-state index is 12.5. The van der Waals surface area contributed by atoms with Crippen LogP contribution in [0.3, 0.4) is 0 Å². The molecule has 2 bridgehead atoms. The molecule has 0 radical (unpaired) electrons. The highest BCUT2D eigenvalue weighted by atomic mass is 16.5. The van der Waals surface area contributed by atoms with Crippen LogP contribution in [0.1, 0.15) is 12.8 Å². The molecule has 0 atom stereocenters. The fourth-order valence-corrected chi connectivity index (χ4v) is 2.96. The Kier molecular flexibility index (Phi) is 4.42. The van der Waals surface area contributed by atoms with Crippen LogP contribution in [0.4, 0.5) is 5.82 Å². The number of nitrogens with one attached hydrogen (secondary N) is 2. The number of nitrogens with zero attached hydrogens (tertiary/aromatic N) is 4. The number of aliphatic imine (C=N–C) groups is 1. The van der Waals surface area contributed by atoms with Crippen molar-refractivity contribution in [2.75, 3.05) is 32.1 Å². The number of anilines is 1. The second-order valence-corrected chi connectivity index (χ2v) is 5.92. The first kappa shape index (κ1) is 16.4. The molecule has 0 aromatic carbocycles. The number of aromatic nitrogens is 4. The van der Waals surface area contributed by atoms with Gasteiger partial charge in [0.2, 0.25) is 0 Å². The molecule has 0 fully saturated rings. The maximum Gasteiger partial charge on any atom is 0.328 e. The SMILES string of the molecule is CNc1nc2nc3c1[nH]c(=O)n3CC1=NCCC=C1OCC/C=C\CO2. The van der Waals surface area contributed by atoms with Crippen molar-refractivity contribution in [3.05, 3.63) is 34.5 Å². The molecule has 26 heavy (non-hydrogen) atoms. The minimum Gasteiger partial charge on any atom is -0.492 e. The number of dihydropyridines is 1. The van der Waals surface area contributed by atoms with E-state index in [1.165, 1.54) is 4.57 Å². The molecular formula is C17H20N6O3. The second kappa shape index (κ2) is 7.03. The summed E-state index contributed by atoms with van der Waals surface area (Å²) in [7, 11) is 1.74. The van der Waals surface area contributed by atoms with E-state index >= 15 is 0 Å². The van der Waals surface area contributed by atoms with Gasteiger partial charge in [0.15, 0.2) is 11.5 Å². The van der Waals surface area contributed by atoms with Crippen LogP contribution in [0.15, 0.2) is 33.8 Å². The summed E-state index contributed by atoms with van der Waals surface area (Å²) in [5.41, 5.74) is 1.48. The van der Waals surface area contributed by atoms with E-state index in [1.807, 2.05) is 18.2 Å². The van der Waals surface area contributed by atoms with Gasteiger partial charge in [0.05, 0.1) is 18.9 Å². The third kappa shape index (κ3) is 3.07. The molecule has 0 aliphatic carbocycles. The van der Waals surface area contributed by atoms with Gasteiger partial charge >= 0.3 is 11.7 Å². The molecule has 2 aromatic rings. The van der Waals surface area contributed by atoms with Gasteiger partial charge in [0.1, 0.15) is 17.9 Å². The molecule has 9 heteroatoms. The topological polar surface area (TPSA) is 106 Å². The average molecular weight is 356 g/mol. The lowest BCUT2D eigenvalue weighted by Crippen LogP contribution is -2.25.